The van der Waals surface area contributed by atoms with Gasteiger partial charge < -0.3 is 16.2 Å². The largest absolute Gasteiger partial charge is 0.507 e. The molecule has 5 nitrogen and oxygen atoms in total. The molecule has 4 rings (SSSR count). The molecule has 148 valence electrons. The standard InChI is InChI=1S/C23H29N3O2/c24-13-2-1-4-17-14-19(25-23-18(17)11-12-21(28)26-23)22-16(5-3-6-20(22)27)10-9-15-7-8-15/h3,5-6,14-15,27H,1-2,4,7-13,24H2,(H,25,26,28). The molecule has 0 atom stereocenters. The van der Waals surface area contributed by atoms with Crippen LogP contribution in [-0.4, -0.2) is 22.5 Å². The number of phenolic OH excluding ortho intramolecular Hbond substituents is 1. The first-order chi connectivity index (χ1) is 13.7. The summed E-state index contributed by atoms with van der Waals surface area (Å²) in [6.45, 7) is 0.682. The molecular weight excluding hydrogens is 350 g/mol. The Morgan fingerprint density at radius 3 is 2.79 bits per heavy atom. The number of amides is 1. The Labute approximate surface area is 166 Å². The van der Waals surface area contributed by atoms with Gasteiger partial charge in [0, 0.05) is 12.0 Å². The number of rotatable bonds is 8. The van der Waals surface area contributed by atoms with Gasteiger partial charge in [-0.15, -0.1) is 0 Å². The Bertz CT molecular complexity index is 874. The van der Waals surface area contributed by atoms with Crippen LogP contribution in [0.25, 0.3) is 11.3 Å². The molecule has 28 heavy (non-hydrogen) atoms. The van der Waals surface area contributed by atoms with Crippen LogP contribution in [0.4, 0.5) is 5.82 Å². The number of nitrogens with zero attached hydrogens (tertiary/aromatic N) is 1. The van der Waals surface area contributed by atoms with Gasteiger partial charge in [-0.3, -0.25) is 4.79 Å². The molecule has 0 spiro atoms. The number of aromatic hydroxyl groups is 1. The third-order valence-corrected chi connectivity index (χ3v) is 5.88. The van der Waals surface area contributed by atoms with E-state index >= 15 is 0 Å². The first-order valence-corrected chi connectivity index (χ1v) is 10.5. The average Bonchev–Trinajstić information content (AvgIpc) is 3.50. The summed E-state index contributed by atoms with van der Waals surface area (Å²) in [7, 11) is 0. The van der Waals surface area contributed by atoms with E-state index in [4.69, 9.17) is 10.7 Å². The maximum atomic E-state index is 11.9. The number of hydrogen-bond donors (Lipinski definition) is 3. The Morgan fingerprint density at radius 1 is 1.14 bits per heavy atom. The molecule has 1 saturated carbocycles. The Morgan fingerprint density at radius 2 is 2.00 bits per heavy atom. The van der Waals surface area contributed by atoms with Crippen LogP contribution in [0.1, 0.15) is 55.2 Å². The van der Waals surface area contributed by atoms with Gasteiger partial charge in [0.25, 0.3) is 0 Å². The predicted octanol–water partition coefficient (Wildman–Crippen LogP) is 3.96. The Kier molecular flexibility index (Phi) is 5.62. The number of anilines is 1. The highest BCUT2D eigenvalue weighted by molar-refractivity contribution is 5.93. The van der Waals surface area contributed by atoms with Crippen LogP contribution < -0.4 is 11.1 Å². The molecule has 2 aliphatic rings. The predicted molar refractivity (Wildman–Crippen MR) is 111 cm³/mol. The van der Waals surface area contributed by atoms with E-state index in [-0.39, 0.29) is 11.7 Å². The molecule has 0 bridgehead atoms. The van der Waals surface area contributed by atoms with E-state index in [9.17, 15) is 9.90 Å². The molecule has 2 heterocycles. The van der Waals surface area contributed by atoms with Crippen LogP contribution in [0.15, 0.2) is 24.3 Å². The van der Waals surface area contributed by atoms with Crippen molar-refractivity contribution in [3.8, 4) is 17.0 Å². The first-order valence-electron chi connectivity index (χ1n) is 10.5. The number of aromatic nitrogens is 1. The highest BCUT2D eigenvalue weighted by atomic mass is 16.3. The van der Waals surface area contributed by atoms with Crippen molar-refractivity contribution < 1.29 is 9.90 Å². The van der Waals surface area contributed by atoms with Crippen molar-refractivity contribution in [3.05, 3.63) is 41.0 Å². The first kappa shape index (κ1) is 18.9. The van der Waals surface area contributed by atoms with Gasteiger partial charge in [-0.05, 0) is 79.8 Å². The third kappa shape index (κ3) is 4.20. The number of unbranched alkanes of at least 4 members (excludes halogenated alkanes) is 1. The van der Waals surface area contributed by atoms with Gasteiger partial charge in [0.15, 0.2) is 0 Å². The number of fused-ring (bicyclic) bond motifs is 1. The normalized spacial score (nSPS) is 16.0. The maximum Gasteiger partial charge on any atom is 0.225 e. The molecule has 1 amide bonds. The molecule has 5 heteroatoms. The van der Waals surface area contributed by atoms with Crippen LogP contribution in [0, 0.1) is 5.92 Å². The zero-order valence-corrected chi connectivity index (χ0v) is 16.3. The van der Waals surface area contributed by atoms with Crippen LogP contribution >= 0.6 is 0 Å². The Hall–Kier alpha value is -2.40. The van der Waals surface area contributed by atoms with Gasteiger partial charge in [0.2, 0.25) is 5.91 Å². The van der Waals surface area contributed by atoms with Crippen molar-refractivity contribution in [2.45, 2.75) is 57.8 Å². The zero-order chi connectivity index (χ0) is 19.5. The second-order valence-corrected chi connectivity index (χ2v) is 8.08. The summed E-state index contributed by atoms with van der Waals surface area (Å²) in [5.74, 6) is 1.76. The van der Waals surface area contributed by atoms with E-state index in [1.807, 2.05) is 6.07 Å². The number of carbonyl (C=O) groups is 1. The number of aryl methyl sites for hydroxylation is 2. The van der Waals surface area contributed by atoms with Gasteiger partial charge in [-0.2, -0.15) is 0 Å². The SMILES string of the molecule is NCCCCc1cc(-c2c(O)cccc2CCC2CC2)nc2c1CCC(=O)N2. The smallest absolute Gasteiger partial charge is 0.225 e. The van der Waals surface area contributed by atoms with Crippen LogP contribution in [0.3, 0.4) is 0 Å². The molecule has 0 radical (unpaired) electrons. The van der Waals surface area contributed by atoms with E-state index in [1.54, 1.807) is 6.07 Å². The van der Waals surface area contributed by atoms with E-state index in [0.717, 1.165) is 66.8 Å². The van der Waals surface area contributed by atoms with Gasteiger partial charge in [-0.25, -0.2) is 4.98 Å². The number of pyridine rings is 1. The van der Waals surface area contributed by atoms with Gasteiger partial charge in [0.1, 0.15) is 11.6 Å². The van der Waals surface area contributed by atoms with E-state index in [0.29, 0.717) is 18.8 Å². The van der Waals surface area contributed by atoms with Crippen molar-refractivity contribution in [2.75, 3.05) is 11.9 Å². The van der Waals surface area contributed by atoms with Crippen molar-refractivity contribution >= 4 is 11.7 Å². The number of hydrogen-bond acceptors (Lipinski definition) is 4. The summed E-state index contributed by atoms with van der Waals surface area (Å²) in [6, 6.07) is 7.83. The zero-order valence-electron chi connectivity index (χ0n) is 16.3. The summed E-state index contributed by atoms with van der Waals surface area (Å²) in [4.78, 5) is 16.7. The molecule has 2 aromatic rings. The molecule has 1 aliphatic carbocycles. The van der Waals surface area contributed by atoms with Crippen LogP contribution in [-0.2, 0) is 24.1 Å². The number of phenols is 1. The second kappa shape index (κ2) is 8.31. The minimum absolute atomic E-state index is 0.0105. The fourth-order valence-electron chi connectivity index (χ4n) is 4.11. The van der Waals surface area contributed by atoms with E-state index in [2.05, 4.69) is 17.4 Å². The number of benzene rings is 1. The molecule has 0 saturated heterocycles. The fraction of sp³-hybridized carbons (Fsp3) is 0.478. The van der Waals surface area contributed by atoms with Crippen molar-refractivity contribution in [3.63, 3.8) is 0 Å². The van der Waals surface area contributed by atoms with E-state index in [1.165, 1.54) is 18.4 Å². The highest BCUT2D eigenvalue weighted by Gasteiger charge is 2.24. The maximum absolute atomic E-state index is 11.9. The molecule has 1 aromatic carbocycles. The number of nitrogens with one attached hydrogen (secondary N) is 1. The molecular formula is C23H29N3O2. The quantitative estimate of drug-likeness (QED) is 0.606. The van der Waals surface area contributed by atoms with Crippen molar-refractivity contribution in [1.82, 2.24) is 4.98 Å². The fourth-order valence-corrected chi connectivity index (χ4v) is 4.11. The molecule has 4 N–H and O–H groups in total. The summed E-state index contributed by atoms with van der Waals surface area (Å²) in [5, 5.41) is 13.6. The summed E-state index contributed by atoms with van der Waals surface area (Å²) in [6.07, 6.45) is 8.87. The Balaban J connectivity index is 1.73. The van der Waals surface area contributed by atoms with Gasteiger partial charge in [0.05, 0.1) is 5.69 Å². The summed E-state index contributed by atoms with van der Waals surface area (Å²) >= 11 is 0. The molecule has 0 unspecified atom stereocenters. The minimum Gasteiger partial charge on any atom is -0.507 e. The lowest BCUT2D eigenvalue weighted by molar-refractivity contribution is -0.116. The lowest BCUT2D eigenvalue weighted by atomic mass is 9.92. The molecule has 1 aromatic heterocycles. The van der Waals surface area contributed by atoms with Gasteiger partial charge >= 0.3 is 0 Å². The van der Waals surface area contributed by atoms with Crippen molar-refractivity contribution in [1.29, 1.82) is 0 Å². The second-order valence-electron chi connectivity index (χ2n) is 8.08. The van der Waals surface area contributed by atoms with Crippen LogP contribution in [0.5, 0.6) is 5.75 Å². The lowest BCUT2D eigenvalue weighted by Gasteiger charge is -2.22. The summed E-state index contributed by atoms with van der Waals surface area (Å²) < 4.78 is 0. The van der Waals surface area contributed by atoms with Crippen LogP contribution in [0.2, 0.25) is 0 Å². The number of nitrogens with two attached hydrogens (primary N) is 1. The summed E-state index contributed by atoms with van der Waals surface area (Å²) in [5.41, 5.74) is 10.7. The third-order valence-electron chi connectivity index (χ3n) is 5.88. The highest BCUT2D eigenvalue weighted by Crippen LogP contribution is 2.39. The average molecular weight is 380 g/mol. The van der Waals surface area contributed by atoms with E-state index < -0.39 is 0 Å². The number of carbonyl (C=O) groups excluding carboxylic acids is 1. The lowest BCUT2D eigenvalue weighted by Crippen LogP contribution is -2.22. The monoisotopic (exact) mass is 379 g/mol. The van der Waals surface area contributed by atoms with Crippen molar-refractivity contribution in [2.24, 2.45) is 11.7 Å². The van der Waals surface area contributed by atoms with Gasteiger partial charge in [-0.1, -0.05) is 25.0 Å². The molecule has 1 fully saturated rings. The minimum atomic E-state index is 0.0105. The molecule has 1 aliphatic heterocycles. The topological polar surface area (TPSA) is 88.2 Å².